The van der Waals surface area contributed by atoms with Crippen LogP contribution < -0.4 is 11.5 Å². The molecule has 1 aliphatic rings. The van der Waals surface area contributed by atoms with Gasteiger partial charge in [0.05, 0.1) is 15.4 Å². The number of carbonyl (C=O) groups is 2. The van der Waals surface area contributed by atoms with E-state index in [1.165, 1.54) is 0 Å². The Labute approximate surface area is 102 Å². The predicted molar refractivity (Wildman–Crippen MR) is 65.1 cm³/mol. The highest BCUT2D eigenvalue weighted by Gasteiger charge is 2.32. The molecule has 17 heavy (non-hydrogen) atoms. The van der Waals surface area contributed by atoms with E-state index in [1.807, 2.05) is 0 Å². The zero-order valence-electron chi connectivity index (χ0n) is 9.23. The molecule has 0 bridgehead atoms. The molecule has 1 heterocycles. The third-order valence-electron chi connectivity index (χ3n) is 3.10. The number of rotatable bonds is 3. The lowest BCUT2D eigenvalue weighted by Gasteiger charge is -2.20. The van der Waals surface area contributed by atoms with Crippen molar-refractivity contribution in [3.63, 3.8) is 0 Å². The van der Waals surface area contributed by atoms with E-state index < -0.39 is 5.91 Å². The Morgan fingerprint density at radius 3 is 2.82 bits per heavy atom. The fraction of sp³-hybridized carbons (Fsp3) is 0.455. The third kappa shape index (κ3) is 1.94. The number of amides is 1. The number of anilines is 1. The first-order chi connectivity index (χ1) is 8.06. The molecule has 1 atom stereocenters. The van der Waals surface area contributed by atoms with Gasteiger partial charge in [-0.1, -0.05) is 0 Å². The lowest BCUT2D eigenvalue weighted by molar-refractivity contribution is 0.0880. The molecule has 1 aromatic heterocycles. The average molecular weight is 254 g/mol. The first-order valence-electron chi connectivity index (χ1n) is 5.42. The molecule has 1 amide bonds. The molecular formula is C11H14N2O3S. The van der Waals surface area contributed by atoms with E-state index in [0.29, 0.717) is 40.3 Å². The van der Waals surface area contributed by atoms with Gasteiger partial charge in [0.25, 0.3) is 5.91 Å². The van der Waals surface area contributed by atoms with Crippen LogP contribution in [0.3, 0.4) is 0 Å². The molecule has 0 fully saturated rings. The van der Waals surface area contributed by atoms with Gasteiger partial charge in [0.15, 0.2) is 5.78 Å². The number of nitrogen functional groups attached to an aromatic ring is 1. The summed E-state index contributed by atoms with van der Waals surface area (Å²) in [6, 6.07) is 0. The maximum Gasteiger partial charge on any atom is 0.251 e. The number of fused-ring (bicyclic) bond motifs is 1. The second kappa shape index (κ2) is 4.46. The summed E-state index contributed by atoms with van der Waals surface area (Å²) in [5.74, 6) is -0.760. The molecule has 5 nitrogen and oxygen atoms in total. The van der Waals surface area contributed by atoms with Gasteiger partial charge in [-0.3, -0.25) is 9.59 Å². The average Bonchev–Trinajstić information content (AvgIpc) is 2.60. The van der Waals surface area contributed by atoms with Crippen LogP contribution in [0.25, 0.3) is 0 Å². The normalized spacial score (nSPS) is 19.1. The fourth-order valence-corrected chi connectivity index (χ4v) is 3.40. The summed E-state index contributed by atoms with van der Waals surface area (Å²) in [7, 11) is 0. The summed E-state index contributed by atoms with van der Waals surface area (Å²) in [6.07, 6.45) is 1.72. The number of ketones is 1. The van der Waals surface area contributed by atoms with Crippen molar-refractivity contribution in [2.75, 3.05) is 12.3 Å². The molecule has 0 aliphatic heterocycles. The lowest BCUT2D eigenvalue weighted by atomic mass is 9.84. The number of aliphatic hydroxyl groups excluding tert-OH is 1. The molecule has 2 rings (SSSR count). The van der Waals surface area contributed by atoms with E-state index in [1.54, 1.807) is 0 Å². The fourth-order valence-electron chi connectivity index (χ4n) is 2.26. The van der Waals surface area contributed by atoms with Gasteiger partial charge in [-0.05, 0) is 24.8 Å². The Morgan fingerprint density at radius 2 is 2.24 bits per heavy atom. The van der Waals surface area contributed by atoms with E-state index in [2.05, 4.69) is 0 Å². The number of primary amides is 1. The van der Waals surface area contributed by atoms with E-state index in [4.69, 9.17) is 16.6 Å². The van der Waals surface area contributed by atoms with Crippen molar-refractivity contribution in [2.24, 2.45) is 11.7 Å². The van der Waals surface area contributed by atoms with Gasteiger partial charge in [0, 0.05) is 12.5 Å². The molecule has 1 aromatic rings. The van der Waals surface area contributed by atoms with Gasteiger partial charge in [-0.2, -0.15) is 0 Å². The van der Waals surface area contributed by atoms with Crippen LogP contribution in [0.15, 0.2) is 0 Å². The Kier molecular flexibility index (Phi) is 3.17. The van der Waals surface area contributed by atoms with Crippen LogP contribution in [0.4, 0.5) is 5.00 Å². The van der Waals surface area contributed by atoms with Crippen LogP contribution >= 0.6 is 11.3 Å². The van der Waals surface area contributed by atoms with Crippen LogP contribution in [-0.2, 0) is 6.42 Å². The second-order valence-electron chi connectivity index (χ2n) is 4.13. The highest BCUT2D eigenvalue weighted by Crippen LogP contribution is 2.38. The maximum atomic E-state index is 12.1. The summed E-state index contributed by atoms with van der Waals surface area (Å²) >= 11 is 1.13. The van der Waals surface area contributed by atoms with Crippen LogP contribution in [-0.4, -0.2) is 23.4 Å². The number of hydrogen-bond donors (Lipinski definition) is 3. The third-order valence-corrected chi connectivity index (χ3v) is 4.17. The molecule has 92 valence electrons. The SMILES string of the molecule is NC(=O)c1c(N)sc2c1CCC(CCO)C2=O. The van der Waals surface area contributed by atoms with Gasteiger partial charge >= 0.3 is 0 Å². The molecule has 1 unspecified atom stereocenters. The molecule has 0 radical (unpaired) electrons. The molecule has 0 saturated carbocycles. The zero-order valence-corrected chi connectivity index (χ0v) is 10.0. The minimum Gasteiger partial charge on any atom is -0.396 e. The number of Topliss-reactive ketones (excluding diaryl/α,β-unsaturated/α-hetero) is 1. The highest BCUT2D eigenvalue weighted by molar-refractivity contribution is 7.18. The Morgan fingerprint density at radius 1 is 1.53 bits per heavy atom. The lowest BCUT2D eigenvalue weighted by Crippen LogP contribution is -2.24. The Bertz CT molecular complexity index is 481. The summed E-state index contributed by atoms with van der Waals surface area (Å²) in [5, 5.41) is 9.20. The van der Waals surface area contributed by atoms with Crippen molar-refractivity contribution in [2.45, 2.75) is 19.3 Å². The minimum absolute atomic E-state index is 0.00469. The van der Waals surface area contributed by atoms with E-state index >= 15 is 0 Å². The minimum atomic E-state index is -0.576. The Hall–Kier alpha value is -1.40. The van der Waals surface area contributed by atoms with Crippen LogP contribution in [0, 0.1) is 5.92 Å². The van der Waals surface area contributed by atoms with Crippen LogP contribution in [0.5, 0.6) is 0 Å². The molecule has 0 spiro atoms. The monoisotopic (exact) mass is 254 g/mol. The zero-order chi connectivity index (χ0) is 12.6. The molecular weight excluding hydrogens is 240 g/mol. The summed E-state index contributed by atoms with van der Waals surface area (Å²) < 4.78 is 0. The quantitative estimate of drug-likeness (QED) is 0.732. The first kappa shape index (κ1) is 12.1. The van der Waals surface area contributed by atoms with E-state index in [0.717, 1.165) is 11.3 Å². The molecule has 6 heteroatoms. The number of carbonyl (C=O) groups excluding carboxylic acids is 2. The van der Waals surface area contributed by atoms with E-state index in [9.17, 15) is 9.59 Å². The van der Waals surface area contributed by atoms with Crippen molar-refractivity contribution < 1.29 is 14.7 Å². The summed E-state index contributed by atoms with van der Waals surface area (Å²) in [5.41, 5.74) is 12.0. The number of thiophene rings is 1. The standard InChI is InChI=1S/C11H14N2O3S/c12-10(16)7-6-2-1-5(3-4-14)8(15)9(6)17-11(7)13/h5,14H,1-4,13H2,(H2,12,16). The van der Waals surface area contributed by atoms with Crippen molar-refractivity contribution in [3.05, 3.63) is 16.0 Å². The van der Waals surface area contributed by atoms with Gasteiger partial charge in [-0.25, -0.2) is 0 Å². The van der Waals surface area contributed by atoms with Crippen molar-refractivity contribution in [1.29, 1.82) is 0 Å². The summed E-state index contributed by atoms with van der Waals surface area (Å²) in [6.45, 7) is -0.00469. The van der Waals surface area contributed by atoms with Gasteiger partial charge in [-0.15, -0.1) is 11.3 Å². The topological polar surface area (TPSA) is 106 Å². The first-order valence-corrected chi connectivity index (χ1v) is 6.24. The van der Waals surface area contributed by atoms with Gasteiger partial charge < -0.3 is 16.6 Å². The van der Waals surface area contributed by atoms with Gasteiger partial charge in [0.1, 0.15) is 0 Å². The molecule has 5 N–H and O–H groups in total. The predicted octanol–water partition coefficient (Wildman–Crippen LogP) is 0.557. The van der Waals surface area contributed by atoms with Crippen molar-refractivity contribution in [3.8, 4) is 0 Å². The van der Waals surface area contributed by atoms with Crippen molar-refractivity contribution in [1.82, 2.24) is 0 Å². The number of hydrogen-bond acceptors (Lipinski definition) is 5. The van der Waals surface area contributed by atoms with Crippen LogP contribution in [0.2, 0.25) is 0 Å². The molecule has 0 aromatic carbocycles. The largest absolute Gasteiger partial charge is 0.396 e. The number of nitrogens with two attached hydrogens (primary N) is 2. The second-order valence-corrected chi connectivity index (χ2v) is 5.18. The maximum absolute atomic E-state index is 12.1. The number of aliphatic hydroxyl groups is 1. The highest BCUT2D eigenvalue weighted by atomic mass is 32.1. The van der Waals surface area contributed by atoms with Crippen LogP contribution in [0.1, 0.15) is 38.4 Å². The molecule has 0 saturated heterocycles. The molecule has 1 aliphatic carbocycles. The Balaban J connectivity index is 2.42. The van der Waals surface area contributed by atoms with Gasteiger partial charge in [0.2, 0.25) is 0 Å². The van der Waals surface area contributed by atoms with E-state index in [-0.39, 0.29) is 18.3 Å². The van der Waals surface area contributed by atoms with Crippen molar-refractivity contribution >= 4 is 28.0 Å². The smallest absolute Gasteiger partial charge is 0.251 e. The summed E-state index contributed by atoms with van der Waals surface area (Å²) in [4.78, 5) is 23.9.